The summed E-state index contributed by atoms with van der Waals surface area (Å²) in [6.07, 6.45) is -0.423. The predicted molar refractivity (Wildman–Crippen MR) is 97.7 cm³/mol. The molecular formula is C20H24O3S. The first-order valence-corrected chi connectivity index (χ1v) is 9.39. The van der Waals surface area contributed by atoms with Crippen molar-refractivity contribution in [2.24, 2.45) is 5.92 Å². The summed E-state index contributed by atoms with van der Waals surface area (Å²) in [5, 5.41) is 10.4. The van der Waals surface area contributed by atoms with Crippen LogP contribution in [-0.4, -0.2) is 28.5 Å². The second kappa shape index (κ2) is 8.67. The molecule has 1 unspecified atom stereocenters. The maximum atomic E-state index is 10.4. The molecule has 24 heavy (non-hydrogen) atoms. The predicted octanol–water partition coefficient (Wildman–Crippen LogP) is 3.86. The van der Waals surface area contributed by atoms with E-state index < -0.39 is 5.44 Å². The van der Waals surface area contributed by atoms with Crippen LogP contribution in [0.3, 0.4) is 0 Å². The molecule has 0 aliphatic carbocycles. The Morgan fingerprint density at radius 2 is 1.38 bits per heavy atom. The Bertz CT molecular complexity index is 549. The summed E-state index contributed by atoms with van der Waals surface area (Å²) in [5.74, 6) is 1.22. The number of thioether (sulfide) groups is 1. The number of aliphatic hydroxyl groups is 1. The van der Waals surface area contributed by atoms with Crippen molar-refractivity contribution in [3.8, 4) is 0 Å². The van der Waals surface area contributed by atoms with Gasteiger partial charge in [0, 0.05) is 5.75 Å². The van der Waals surface area contributed by atoms with Gasteiger partial charge in [0.25, 0.3) is 0 Å². The highest BCUT2D eigenvalue weighted by atomic mass is 32.2. The first-order valence-electron chi connectivity index (χ1n) is 8.35. The minimum atomic E-state index is -0.550. The van der Waals surface area contributed by atoms with Crippen molar-refractivity contribution in [3.05, 3.63) is 71.8 Å². The van der Waals surface area contributed by atoms with Gasteiger partial charge in [-0.25, -0.2) is 0 Å². The van der Waals surface area contributed by atoms with Gasteiger partial charge in [-0.15, -0.1) is 11.8 Å². The molecule has 1 N–H and O–H groups in total. The zero-order valence-electron chi connectivity index (χ0n) is 13.9. The van der Waals surface area contributed by atoms with Crippen molar-refractivity contribution in [2.75, 3.05) is 5.75 Å². The van der Waals surface area contributed by atoms with Crippen LogP contribution in [0.2, 0.25) is 0 Å². The molecule has 1 heterocycles. The Morgan fingerprint density at radius 1 is 0.875 bits per heavy atom. The minimum absolute atomic E-state index is 0.106. The SMILES string of the molecule is C[C@@H]1CSC(O)[C@H](OCc2ccccc2)[C@H]1OCc1ccccc1. The third-order valence-corrected chi connectivity index (χ3v) is 5.59. The first-order chi connectivity index (χ1) is 11.7. The van der Waals surface area contributed by atoms with Gasteiger partial charge >= 0.3 is 0 Å². The molecule has 128 valence electrons. The largest absolute Gasteiger partial charge is 0.380 e. The molecule has 4 atom stereocenters. The van der Waals surface area contributed by atoms with E-state index in [9.17, 15) is 5.11 Å². The summed E-state index contributed by atoms with van der Waals surface area (Å²) in [7, 11) is 0. The fourth-order valence-electron chi connectivity index (χ4n) is 2.90. The van der Waals surface area contributed by atoms with Crippen LogP contribution < -0.4 is 0 Å². The number of aliphatic hydroxyl groups excluding tert-OH is 1. The van der Waals surface area contributed by atoms with E-state index in [1.165, 1.54) is 0 Å². The lowest BCUT2D eigenvalue weighted by atomic mass is 10.0. The summed E-state index contributed by atoms with van der Waals surface area (Å²) < 4.78 is 12.2. The van der Waals surface area contributed by atoms with Gasteiger partial charge in [0.05, 0.1) is 19.3 Å². The molecular weight excluding hydrogens is 320 g/mol. The second-order valence-electron chi connectivity index (χ2n) is 6.22. The van der Waals surface area contributed by atoms with Crippen molar-refractivity contribution in [1.82, 2.24) is 0 Å². The lowest BCUT2D eigenvalue weighted by Gasteiger charge is -2.38. The molecule has 1 aliphatic rings. The van der Waals surface area contributed by atoms with Crippen molar-refractivity contribution in [1.29, 1.82) is 0 Å². The first kappa shape index (κ1) is 17.5. The van der Waals surface area contributed by atoms with Crippen molar-refractivity contribution < 1.29 is 14.6 Å². The van der Waals surface area contributed by atoms with Crippen molar-refractivity contribution in [2.45, 2.75) is 37.8 Å². The lowest BCUT2D eigenvalue weighted by Crippen LogP contribution is -2.48. The Hall–Kier alpha value is -1.33. The van der Waals surface area contributed by atoms with Gasteiger partial charge in [0.15, 0.2) is 0 Å². The van der Waals surface area contributed by atoms with Crippen LogP contribution in [0.1, 0.15) is 18.1 Å². The lowest BCUT2D eigenvalue weighted by molar-refractivity contribution is -0.131. The summed E-state index contributed by atoms with van der Waals surface area (Å²) in [6, 6.07) is 20.2. The highest BCUT2D eigenvalue weighted by Gasteiger charge is 2.39. The van der Waals surface area contributed by atoms with Gasteiger partial charge < -0.3 is 14.6 Å². The van der Waals surface area contributed by atoms with Gasteiger partial charge in [-0.05, 0) is 17.0 Å². The van der Waals surface area contributed by atoms with Crippen LogP contribution in [0.25, 0.3) is 0 Å². The number of hydrogen-bond acceptors (Lipinski definition) is 4. The molecule has 0 bridgehead atoms. The zero-order chi connectivity index (χ0) is 16.8. The standard InChI is InChI=1S/C20H24O3S/c1-15-14-24-20(21)19(23-13-17-10-6-3-7-11-17)18(15)22-12-16-8-4-2-5-9-16/h2-11,15,18-21H,12-14H2,1H3/t15-,18+,19-,20?/m1/s1. The normalized spacial score (nSPS) is 27.1. The second-order valence-corrected chi connectivity index (χ2v) is 7.37. The Balaban J connectivity index is 1.63. The average Bonchev–Trinajstić information content (AvgIpc) is 2.63. The van der Waals surface area contributed by atoms with Crippen molar-refractivity contribution >= 4 is 11.8 Å². The van der Waals surface area contributed by atoms with E-state index in [4.69, 9.17) is 9.47 Å². The van der Waals surface area contributed by atoms with Gasteiger partial charge in [-0.1, -0.05) is 67.6 Å². The Morgan fingerprint density at radius 3 is 1.92 bits per heavy atom. The molecule has 2 aromatic carbocycles. The van der Waals surface area contributed by atoms with Crippen molar-refractivity contribution in [3.63, 3.8) is 0 Å². The smallest absolute Gasteiger partial charge is 0.128 e. The van der Waals surface area contributed by atoms with Crippen LogP contribution in [0.4, 0.5) is 0 Å². The molecule has 0 spiro atoms. The molecule has 0 radical (unpaired) electrons. The molecule has 1 aliphatic heterocycles. The highest BCUT2D eigenvalue weighted by molar-refractivity contribution is 7.99. The summed E-state index contributed by atoms with van der Waals surface area (Å²) >= 11 is 1.55. The van der Waals surface area contributed by atoms with E-state index in [1.54, 1.807) is 11.8 Å². The number of hydrogen-bond donors (Lipinski definition) is 1. The topological polar surface area (TPSA) is 38.7 Å². The average molecular weight is 344 g/mol. The summed E-state index contributed by atoms with van der Waals surface area (Å²) in [6.45, 7) is 3.19. The fourth-order valence-corrected chi connectivity index (χ4v) is 4.01. The van der Waals surface area contributed by atoms with Gasteiger partial charge in [0.2, 0.25) is 0 Å². The van der Waals surface area contributed by atoms with Gasteiger partial charge in [0.1, 0.15) is 11.5 Å². The van der Waals surface area contributed by atoms with E-state index >= 15 is 0 Å². The zero-order valence-corrected chi connectivity index (χ0v) is 14.7. The van der Waals surface area contributed by atoms with E-state index in [0.29, 0.717) is 19.1 Å². The highest BCUT2D eigenvalue weighted by Crippen LogP contribution is 2.33. The van der Waals surface area contributed by atoms with Crippen LogP contribution in [0.15, 0.2) is 60.7 Å². The van der Waals surface area contributed by atoms with E-state index in [-0.39, 0.29) is 12.2 Å². The van der Waals surface area contributed by atoms with Crippen LogP contribution >= 0.6 is 11.8 Å². The number of rotatable bonds is 6. The summed E-state index contributed by atoms with van der Waals surface area (Å²) in [5.41, 5.74) is 1.69. The fraction of sp³-hybridized carbons (Fsp3) is 0.400. The van der Waals surface area contributed by atoms with Gasteiger partial charge in [-0.3, -0.25) is 0 Å². The van der Waals surface area contributed by atoms with E-state index in [0.717, 1.165) is 16.9 Å². The number of ether oxygens (including phenoxy) is 2. The third kappa shape index (κ3) is 4.61. The van der Waals surface area contributed by atoms with Crippen LogP contribution in [0.5, 0.6) is 0 Å². The van der Waals surface area contributed by atoms with Gasteiger partial charge in [-0.2, -0.15) is 0 Å². The maximum Gasteiger partial charge on any atom is 0.128 e. The molecule has 4 heteroatoms. The Kier molecular flexibility index (Phi) is 6.32. The molecule has 1 saturated heterocycles. The quantitative estimate of drug-likeness (QED) is 0.864. The molecule has 0 aromatic heterocycles. The van der Waals surface area contributed by atoms with Crippen LogP contribution in [0, 0.1) is 5.92 Å². The summed E-state index contributed by atoms with van der Waals surface area (Å²) in [4.78, 5) is 0. The third-order valence-electron chi connectivity index (χ3n) is 4.27. The molecule has 1 fully saturated rings. The van der Waals surface area contributed by atoms with E-state index in [1.807, 2.05) is 48.5 Å². The molecule has 2 aromatic rings. The molecule has 0 saturated carbocycles. The number of benzene rings is 2. The Labute approximate surface area is 148 Å². The molecule has 3 rings (SSSR count). The monoisotopic (exact) mass is 344 g/mol. The molecule has 3 nitrogen and oxygen atoms in total. The van der Waals surface area contributed by atoms with E-state index in [2.05, 4.69) is 19.1 Å². The minimum Gasteiger partial charge on any atom is -0.380 e. The maximum absolute atomic E-state index is 10.4. The van der Waals surface area contributed by atoms with Crippen LogP contribution in [-0.2, 0) is 22.7 Å². The molecule has 0 amide bonds.